The van der Waals surface area contributed by atoms with Gasteiger partial charge in [-0.1, -0.05) is 32.4 Å². The third kappa shape index (κ3) is 3.47. The van der Waals surface area contributed by atoms with Crippen LogP contribution in [0.4, 0.5) is 0 Å². The Labute approximate surface area is 108 Å². The van der Waals surface area contributed by atoms with Crippen LogP contribution < -0.4 is 4.74 Å². The summed E-state index contributed by atoms with van der Waals surface area (Å²) in [6, 6.07) is 3.71. The average molecular weight is 255 g/mol. The summed E-state index contributed by atoms with van der Waals surface area (Å²) in [5.74, 6) is 0.477. The largest absolute Gasteiger partial charge is 0.489 e. The second-order valence-electron chi connectivity index (χ2n) is 5.41. The summed E-state index contributed by atoms with van der Waals surface area (Å²) in [7, 11) is 0. The van der Waals surface area contributed by atoms with E-state index in [2.05, 4.69) is 20.8 Å². The molecule has 0 saturated heterocycles. The average Bonchev–Trinajstić information content (AvgIpc) is 2.18. The predicted octanol–water partition coefficient (Wildman–Crippen LogP) is 4.24. The van der Waals surface area contributed by atoms with Gasteiger partial charge in [0.1, 0.15) is 5.75 Å². The minimum atomic E-state index is -0.0439. The van der Waals surface area contributed by atoms with Crippen LogP contribution in [0.1, 0.15) is 50.5 Å². The number of rotatable bonds is 3. The van der Waals surface area contributed by atoms with Crippen LogP contribution in [-0.2, 0) is 5.41 Å². The lowest BCUT2D eigenvalue weighted by Gasteiger charge is -2.22. The van der Waals surface area contributed by atoms with E-state index in [0.29, 0.717) is 16.3 Å². The van der Waals surface area contributed by atoms with E-state index in [1.165, 1.54) is 0 Å². The van der Waals surface area contributed by atoms with Gasteiger partial charge >= 0.3 is 0 Å². The van der Waals surface area contributed by atoms with Gasteiger partial charge in [0.2, 0.25) is 0 Å². The molecule has 0 aromatic heterocycles. The van der Waals surface area contributed by atoms with Crippen molar-refractivity contribution in [3.05, 3.63) is 28.3 Å². The highest BCUT2D eigenvalue weighted by atomic mass is 35.5. The van der Waals surface area contributed by atoms with Crippen LogP contribution in [-0.4, -0.2) is 12.4 Å². The molecule has 0 aliphatic rings. The number of carbonyl (C=O) groups is 1. The molecule has 1 aromatic carbocycles. The fraction of sp³-hybridized carbons (Fsp3) is 0.500. The predicted molar refractivity (Wildman–Crippen MR) is 71.3 cm³/mol. The molecule has 3 heteroatoms. The molecule has 0 saturated carbocycles. The minimum Gasteiger partial charge on any atom is -0.489 e. The Bertz CT molecular complexity index is 417. The molecule has 0 heterocycles. The van der Waals surface area contributed by atoms with Crippen LogP contribution in [0.15, 0.2) is 12.1 Å². The van der Waals surface area contributed by atoms with Gasteiger partial charge in [-0.2, -0.15) is 0 Å². The molecule has 0 atom stereocenters. The Morgan fingerprint density at radius 2 is 1.88 bits per heavy atom. The van der Waals surface area contributed by atoms with Gasteiger partial charge in [-0.25, -0.2) is 0 Å². The standard InChI is InChI=1S/C14H19ClO2/c1-9(2)17-13-10(8-16)6-11(7-12(13)15)14(3,4)5/h6-9H,1-5H3. The lowest BCUT2D eigenvalue weighted by Crippen LogP contribution is -2.13. The van der Waals surface area contributed by atoms with Crippen LogP contribution in [0, 0.1) is 0 Å². The summed E-state index contributed by atoms with van der Waals surface area (Å²) in [6.07, 6.45) is 0.783. The van der Waals surface area contributed by atoms with Crippen molar-refractivity contribution in [2.75, 3.05) is 0 Å². The number of hydrogen-bond acceptors (Lipinski definition) is 2. The summed E-state index contributed by atoms with van der Waals surface area (Å²) in [4.78, 5) is 11.1. The maximum absolute atomic E-state index is 11.1. The third-order valence-electron chi connectivity index (χ3n) is 2.42. The Morgan fingerprint density at radius 3 is 2.29 bits per heavy atom. The topological polar surface area (TPSA) is 26.3 Å². The van der Waals surface area contributed by atoms with E-state index in [1.54, 1.807) is 0 Å². The molecule has 0 spiro atoms. The molecule has 17 heavy (non-hydrogen) atoms. The van der Waals surface area contributed by atoms with Crippen molar-refractivity contribution >= 4 is 17.9 Å². The number of carbonyl (C=O) groups excluding carboxylic acids is 1. The van der Waals surface area contributed by atoms with E-state index in [4.69, 9.17) is 16.3 Å². The first kappa shape index (κ1) is 14.0. The van der Waals surface area contributed by atoms with Gasteiger partial charge in [-0.05, 0) is 37.0 Å². The van der Waals surface area contributed by atoms with Gasteiger partial charge in [0.25, 0.3) is 0 Å². The molecule has 0 N–H and O–H groups in total. The van der Waals surface area contributed by atoms with Crippen molar-refractivity contribution in [2.24, 2.45) is 0 Å². The third-order valence-corrected chi connectivity index (χ3v) is 2.70. The SMILES string of the molecule is CC(C)Oc1c(Cl)cc(C(C)(C)C)cc1C=O. The van der Waals surface area contributed by atoms with Gasteiger partial charge in [-0.3, -0.25) is 4.79 Å². The van der Waals surface area contributed by atoms with E-state index in [1.807, 2.05) is 26.0 Å². The minimum absolute atomic E-state index is 0.00770. The van der Waals surface area contributed by atoms with E-state index < -0.39 is 0 Å². The van der Waals surface area contributed by atoms with Crippen LogP contribution in [0.25, 0.3) is 0 Å². The summed E-state index contributed by atoms with van der Waals surface area (Å²) >= 11 is 6.18. The van der Waals surface area contributed by atoms with Crippen LogP contribution >= 0.6 is 11.6 Å². The van der Waals surface area contributed by atoms with Crippen LogP contribution in [0.3, 0.4) is 0 Å². The van der Waals surface area contributed by atoms with Crippen molar-refractivity contribution in [2.45, 2.75) is 46.1 Å². The van der Waals surface area contributed by atoms with E-state index in [0.717, 1.165) is 11.8 Å². The van der Waals surface area contributed by atoms with E-state index >= 15 is 0 Å². The van der Waals surface area contributed by atoms with Gasteiger partial charge in [0.05, 0.1) is 16.7 Å². The number of benzene rings is 1. The summed E-state index contributed by atoms with van der Waals surface area (Å²) < 4.78 is 5.57. The zero-order valence-corrected chi connectivity index (χ0v) is 11.8. The number of aldehydes is 1. The van der Waals surface area contributed by atoms with Crippen molar-refractivity contribution in [3.63, 3.8) is 0 Å². The Balaban J connectivity index is 3.31. The molecule has 2 nitrogen and oxygen atoms in total. The summed E-state index contributed by atoms with van der Waals surface area (Å²) in [5.41, 5.74) is 1.49. The van der Waals surface area contributed by atoms with E-state index in [9.17, 15) is 4.79 Å². The molecular weight excluding hydrogens is 236 g/mol. The summed E-state index contributed by atoms with van der Waals surface area (Å²) in [6.45, 7) is 10.0. The quantitative estimate of drug-likeness (QED) is 0.755. The first-order valence-corrected chi connectivity index (χ1v) is 6.09. The molecule has 94 valence electrons. The molecule has 0 unspecified atom stereocenters. The molecule has 1 aromatic rings. The summed E-state index contributed by atoms with van der Waals surface area (Å²) in [5, 5.41) is 0.494. The monoisotopic (exact) mass is 254 g/mol. The van der Waals surface area contributed by atoms with Crippen LogP contribution in [0.2, 0.25) is 5.02 Å². The maximum atomic E-state index is 11.1. The molecule has 0 radical (unpaired) electrons. The highest BCUT2D eigenvalue weighted by molar-refractivity contribution is 6.32. The lowest BCUT2D eigenvalue weighted by atomic mass is 9.86. The van der Waals surface area contributed by atoms with Crippen molar-refractivity contribution in [1.29, 1.82) is 0 Å². The maximum Gasteiger partial charge on any atom is 0.153 e. The van der Waals surface area contributed by atoms with Gasteiger partial charge in [0, 0.05) is 0 Å². The molecular formula is C14H19ClO2. The van der Waals surface area contributed by atoms with Gasteiger partial charge in [0.15, 0.2) is 6.29 Å². The lowest BCUT2D eigenvalue weighted by molar-refractivity contribution is 0.111. The Kier molecular flexibility index (Phi) is 4.21. The second kappa shape index (κ2) is 5.09. The van der Waals surface area contributed by atoms with Crippen molar-refractivity contribution in [1.82, 2.24) is 0 Å². The fourth-order valence-corrected chi connectivity index (χ4v) is 1.77. The Morgan fingerprint density at radius 1 is 1.29 bits per heavy atom. The van der Waals surface area contributed by atoms with Gasteiger partial charge < -0.3 is 4.74 Å². The van der Waals surface area contributed by atoms with Crippen molar-refractivity contribution in [3.8, 4) is 5.75 Å². The molecule has 1 rings (SSSR count). The number of ether oxygens (including phenoxy) is 1. The Hall–Kier alpha value is -1.02. The molecule has 0 amide bonds. The zero-order valence-electron chi connectivity index (χ0n) is 11.0. The molecule has 0 aliphatic carbocycles. The number of halogens is 1. The van der Waals surface area contributed by atoms with Gasteiger partial charge in [-0.15, -0.1) is 0 Å². The molecule has 0 fully saturated rings. The fourth-order valence-electron chi connectivity index (χ4n) is 1.50. The van der Waals surface area contributed by atoms with Crippen LogP contribution in [0.5, 0.6) is 5.75 Å². The van der Waals surface area contributed by atoms with E-state index in [-0.39, 0.29) is 11.5 Å². The number of hydrogen-bond donors (Lipinski definition) is 0. The first-order chi connectivity index (χ1) is 7.75. The molecule has 0 aliphatic heterocycles. The smallest absolute Gasteiger partial charge is 0.153 e. The highest BCUT2D eigenvalue weighted by Crippen LogP contribution is 2.34. The zero-order chi connectivity index (χ0) is 13.2. The van der Waals surface area contributed by atoms with Crippen molar-refractivity contribution < 1.29 is 9.53 Å². The normalized spacial score (nSPS) is 11.7. The first-order valence-electron chi connectivity index (χ1n) is 5.71. The highest BCUT2D eigenvalue weighted by Gasteiger charge is 2.19. The molecule has 0 bridgehead atoms. The second-order valence-corrected chi connectivity index (χ2v) is 5.82.